The van der Waals surface area contributed by atoms with Crippen LogP contribution in [0.4, 0.5) is 0 Å². The summed E-state index contributed by atoms with van der Waals surface area (Å²) >= 11 is 0. The Hall–Kier alpha value is -1.46. The molecule has 0 aromatic carbocycles. The van der Waals surface area contributed by atoms with Crippen LogP contribution < -0.4 is 0 Å². The number of rotatable bonds is 15. The van der Waals surface area contributed by atoms with Crippen LogP contribution in [0.2, 0.25) is 0 Å². The maximum atomic E-state index is 10.9. The summed E-state index contributed by atoms with van der Waals surface area (Å²) in [4.78, 5) is 0. The fraction of sp³-hybridized carbons (Fsp3) is 0.474. The van der Waals surface area contributed by atoms with Crippen molar-refractivity contribution in [3.63, 3.8) is 0 Å². The van der Waals surface area contributed by atoms with E-state index >= 15 is 0 Å². The zero-order valence-corrected chi connectivity index (χ0v) is 14.0. The molecule has 0 aliphatic rings. The van der Waals surface area contributed by atoms with Gasteiger partial charge in [-0.15, -0.1) is 19.7 Å². The number of hydrogen-bond acceptors (Lipinski definition) is 4. The van der Waals surface area contributed by atoms with Gasteiger partial charge < -0.3 is 19.7 Å². The molecule has 4 nitrogen and oxygen atoms in total. The van der Waals surface area contributed by atoms with Crippen LogP contribution in [0.25, 0.3) is 0 Å². The number of hydrogen-bond donors (Lipinski definition) is 2. The second-order valence-electron chi connectivity index (χ2n) is 5.28. The predicted molar refractivity (Wildman–Crippen MR) is 95.3 cm³/mol. The summed E-state index contributed by atoms with van der Waals surface area (Å²) < 4.78 is 11.6. The average Bonchev–Trinajstić information content (AvgIpc) is 2.54. The molecule has 0 heterocycles. The molecule has 0 radical (unpaired) electrons. The summed E-state index contributed by atoms with van der Waals surface area (Å²) in [5.74, 6) is 0. The van der Waals surface area contributed by atoms with Gasteiger partial charge in [-0.2, -0.15) is 0 Å². The maximum Gasteiger partial charge on any atom is 0.130 e. The van der Waals surface area contributed by atoms with E-state index in [-0.39, 0.29) is 25.9 Å². The highest BCUT2D eigenvalue weighted by Gasteiger charge is 2.47. The Balaban J connectivity index is 5.56. The van der Waals surface area contributed by atoms with Crippen molar-refractivity contribution in [2.75, 3.05) is 19.8 Å². The van der Waals surface area contributed by atoms with Crippen molar-refractivity contribution in [3.8, 4) is 0 Å². The van der Waals surface area contributed by atoms with Crippen LogP contribution in [-0.4, -0.2) is 47.3 Å². The van der Waals surface area contributed by atoms with Crippen molar-refractivity contribution in [2.24, 2.45) is 0 Å². The Bertz CT molecular complexity index is 382. The van der Waals surface area contributed by atoms with Crippen LogP contribution in [0.3, 0.4) is 0 Å². The molecule has 0 aromatic heterocycles. The number of ether oxygens (including phenoxy) is 2. The van der Waals surface area contributed by atoms with Crippen LogP contribution in [0, 0.1) is 0 Å². The molecule has 2 N–H and O–H groups in total. The molecule has 0 rings (SSSR count). The molecule has 0 amide bonds. The van der Waals surface area contributed by atoms with Gasteiger partial charge in [0.1, 0.15) is 11.2 Å². The quantitative estimate of drug-likeness (QED) is 0.359. The lowest BCUT2D eigenvalue weighted by molar-refractivity contribution is -0.179. The lowest BCUT2D eigenvalue weighted by atomic mass is 9.77. The highest BCUT2D eigenvalue weighted by molar-refractivity contribution is 5.22. The van der Waals surface area contributed by atoms with E-state index < -0.39 is 11.2 Å². The molecule has 0 aliphatic carbocycles. The fourth-order valence-electron chi connectivity index (χ4n) is 2.46. The maximum absolute atomic E-state index is 10.9. The van der Waals surface area contributed by atoms with Crippen molar-refractivity contribution >= 4 is 0 Å². The van der Waals surface area contributed by atoms with Crippen molar-refractivity contribution in [1.29, 1.82) is 0 Å². The summed E-state index contributed by atoms with van der Waals surface area (Å²) in [5.41, 5.74) is -2.48. The van der Waals surface area contributed by atoms with Crippen LogP contribution in [0.1, 0.15) is 19.3 Å². The molecule has 130 valence electrons. The molecule has 23 heavy (non-hydrogen) atoms. The molecule has 4 heteroatoms. The molecule has 0 saturated carbocycles. The second-order valence-corrected chi connectivity index (χ2v) is 5.28. The zero-order chi connectivity index (χ0) is 17.8. The predicted octanol–water partition coefficient (Wildman–Crippen LogP) is 2.95. The van der Waals surface area contributed by atoms with Crippen LogP contribution >= 0.6 is 0 Å². The second kappa shape index (κ2) is 11.1. The molecule has 0 fully saturated rings. The highest BCUT2D eigenvalue weighted by Crippen LogP contribution is 2.38. The van der Waals surface area contributed by atoms with E-state index in [1.54, 1.807) is 18.2 Å². The molecular formula is C19H30O4. The molecule has 0 spiro atoms. The molecule has 1 unspecified atom stereocenters. The summed E-state index contributed by atoms with van der Waals surface area (Å²) in [6.45, 7) is 19.1. The number of aliphatic hydroxyl groups excluding tert-OH is 1. The van der Waals surface area contributed by atoms with Crippen LogP contribution in [-0.2, 0) is 9.47 Å². The van der Waals surface area contributed by atoms with E-state index in [2.05, 4.69) is 32.9 Å². The van der Waals surface area contributed by atoms with Crippen molar-refractivity contribution < 1.29 is 19.7 Å². The van der Waals surface area contributed by atoms with Crippen molar-refractivity contribution in [1.82, 2.24) is 0 Å². The molecule has 0 aliphatic heterocycles. The van der Waals surface area contributed by atoms with Gasteiger partial charge in [0.05, 0.1) is 25.9 Å². The van der Waals surface area contributed by atoms with Gasteiger partial charge in [-0.25, -0.2) is 0 Å². The first kappa shape index (κ1) is 21.5. The van der Waals surface area contributed by atoms with E-state index in [1.807, 2.05) is 0 Å². The van der Waals surface area contributed by atoms with Gasteiger partial charge in [0.15, 0.2) is 0 Å². The Kier molecular flexibility index (Phi) is 10.4. The van der Waals surface area contributed by atoms with Gasteiger partial charge in [-0.1, -0.05) is 43.5 Å². The molecule has 0 saturated heterocycles. The summed E-state index contributed by atoms with van der Waals surface area (Å²) in [7, 11) is 0. The minimum atomic E-state index is -1.45. The third-order valence-electron chi connectivity index (χ3n) is 3.66. The topological polar surface area (TPSA) is 58.9 Å². The zero-order valence-electron chi connectivity index (χ0n) is 14.0. The van der Waals surface area contributed by atoms with E-state index in [0.717, 1.165) is 0 Å². The van der Waals surface area contributed by atoms with Gasteiger partial charge in [0, 0.05) is 0 Å². The summed E-state index contributed by atoms with van der Waals surface area (Å²) in [6, 6.07) is 0. The summed E-state index contributed by atoms with van der Waals surface area (Å²) in [5, 5.41) is 19.8. The first-order valence-corrected chi connectivity index (χ1v) is 7.67. The monoisotopic (exact) mass is 322 g/mol. The largest absolute Gasteiger partial charge is 0.394 e. The molecule has 0 aromatic rings. The highest BCUT2D eigenvalue weighted by atomic mass is 16.6. The Morgan fingerprint density at radius 1 is 0.957 bits per heavy atom. The standard InChI is InChI=1S/C19H30O4/c1-6-11-17(16-22-15-14-20)23-19(12-7-2,13-8-3)18(21,9-4)10-5/h6-10,17,20-21H,1-5,11-16H2. The first-order valence-electron chi connectivity index (χ1n) is 7.67. The minimum Gasteiger partial charge on any atom is -0.394 e. The first-order chi connectivity index (χ1) is 11.0. The third-order valence-corrected chi connectivity index (χ3v) is 3.66. The molecular weight excluding hydrogens is 292 g/mol. The SMILES string of the molecule is C=CCC(COCCO)OC(CC=C)(CC=C)C(O)(C=C)C=C. The van der Waals surface area contributed by atoms with Gasteiger partial charge >= 0.3 is 0 Å². The number of aliphatic hydroxyl groups is 2. The Morgan fingerprint density at radius 2 is 1.52 bits per heavy atom. The Labute approximate surface area is 140 Å². The lowest BCUT2D eigenvalue weighted by Crippen LogP contribution is -2.55. The molecule has 0 bridgehead atoms. The third kappa shape index (κ3) is 5.92. The van der Waals surface area contributed by atoms with Crippen molar-refractivity contribution in [2.45, 2.75) is 36.6 Å². The van der Waals surface area contributed by atoms with Crippen LogP contribution in [0.15, 0.2) is 63.3 Å². The van der Waals surface area contributed by atoms with E-state index in [1.165, 1.54) is 12.2 Å². The smallest absolute Gasteiger partial charge is 0.130 e. The normalized spacial score (nSPS) is 13.1. The van der Waals surface area contributed by atoms with Gasteiger partial charge in [-0.3, -0.25) is 0 Å². The van der Waals surface area contributed by atoms with E-state index in [9.17, 15) is 5.11 Å². The van der Waals surface area contributed by atoms with Crippen molar-refractivity contribution in [3.05, 3.63) is 63.3 Å². The fourth-order valence-corrected chi connectivity index (χ4v) is 2.46. The van der Waals surface area contributed by atoms with E-state index in [0.29, 0.717) is 19.3 Å². The van der Waals surface area contributed by atoms with Gasteiger partial charge in [0.2, 0.25) is 0 Å². The van der Waals surface area contributed by atoms with Gasteiger partial charge in [-0.05, 0) is 19.3 Å². The summed E-state index contributed by atoms with van der Waals surface area (Å²) in [6.07, 6.45) is 8.85. The van der Waals surface area contributed by atoms with Gasteiger partial charge in [0.25, 0.3) is 0 Å². The molecule has 1 atom stereocenters. The van der Waals surface area contributed by atoms with E-state index in [4.69, 9.17) is 14.6 Å². The Morgan fingerprint density at radius 3 is 1.91 bits per heavy atom. The average molecular weight is 322 g/mol. The minimum absolute atomic E-state index is 0.0610. The lowest BCUT2D eigenvalue weighted by Gasteiger charge is -2.45. The van der Waals surface area contributed by atoms with Crippen LogP contribution in [0.5, 0.6) is 0 Å².